The molecule has 0 fully saturated rings. The Labute approximate surface area is 188 Å². The average Bonchev–Trinajstić information content (AvgIpc) is 3.32. The highest BCUT2D eigenvalue weighted by molar-refractivity contribution is 7.99. The first kappa shape index (κ1) is 23.7. The van der Waals surface area contributed by atoms with Gasteiger partial charge in [0.25, 0.3) is 0 Å². The lowest BCUT2D eigenvalue weighted by Crippen LogP contribution is -2.18. The molecular formula is C18H18F3N7O2S2. The van der Waals surface area contributed by atoms with Crippen LogP contribution in [0.15, 0.2) is 29.4 Å². The van der Waals surface area contributed by atoms with E-state index < -0.39 is 17.6 Å². The monoisotopic (exact) mass is 485 g/mol. The maximum Gasteiger partial charge on any atom is 0.416 e. The minimum Gasteiger partial charge on any atom is -0.326 e. The van der Waals surface area contributed by atoms with Gasteiger partial charge < -0.3 is 9.88 Å². The van der Waals surface area contributed by atoms with Crippen LogP contribution in [0, 0.1) is 0 Å². The molecule has 0 saturated carbocycles. The van der Waals surface area contributed by atoms with Crippen molar-refractivity contribution in [3.63, 3.8) is 0 Å². The number of aryl methyl sites for hydroxylation is 1. The second-order valence-corrected chi connectivity index (χ2v) is 8.46. The zero-order chi connectivity index (χ0) is 23.3. The molecule has 14 heteroatoms. The van der Waals surface area contributed by atoms with Gasteiger partial charge in [-0.2, -0.15) is 13.2 Å². The molecule has 3 aromatic rings. The lowest BCUT2D eigenvalue weighted by Gasteiger charge is -2.10. The van der Waals surface area contributed by atoms with Crippen LogP contribution < -0.4 is 10.6 Å². The van der Waals surface area contributed by atoms with Gasteiger partial charge >= 0.3 is 6.18 Å². The topological polar surface area (TPSA) is 115 Å². The zero-order valence-electron chi connectivity index (χ0n) is 16.9. The van der Waals surface area contributed by atoms with Crippen LogP contribution in [-0.4, -0.2) is 42.5 Å². The summed E-state index contributed by atoms with van der Waals surface area (Å²) in [5.74, 6) is -0.490. The van der Waals surface area contributed by atoms with E-state index in [-0.39, 0.29) is 23.8 Å². The van der Waals surface area contributed by atoms with Crippen LogP contribution in [0.25, 0.3) is 0 Å². The molecule has 3 rings (SSSR count). The number of hydrogen-bond donors (Lipinski definition) is 2. The van der Waals surface area contributed by atoms with Crippen LogP contribution in [0.4, 0.5) is 24.0 Å². The molecule has 2 amide bonds. The molecular weight excluding hydrogens is 467 g/mol. The Morgan fingerprint density at radius 3 is 2.59 bits per heavy atom. The largest absolute Gasteiger partial charge is 0.416 e. The van der Waals surface area contributed by atoms with Crippen molar-refractivity contribution in [1.82, 2.24) is 25.0 Å². The Morgan fingerprint density at radius 2 is 1.91 bits per heavy atom. The highest BCUT2D eigenvalue weighted by Gasteiger charge is 2.30. The number of aromatic nitrogens is 5. The van der Waals surface area contributed by atoms with E-state index >= 15 is 0 Å². The molecule has 0 radical (unpaired) electrons. The molecule has 0 unspecified atom stereocenters. The van der Waals surface area contributed by atoms with Crippen molar-refractivity contribution in [3.8, 4) is 0 Å². The highest BCUT2D eigenvalue weighted by Crippen LogP contribution is 2.30. The molecule has 0 aliphatic carbocycles. The number of anilines is 2. The first-order valence-electron chi connectivity index (χ1n) is 9.26. The van der Waals surface area contributed by atoms with Crippen LogP contribution in [-0.2, 0) is 35.7 Å². The number of amides is 2. The fraction of sp³-hybridized carbons (Fsp3) is 0.333. The minimum absolute atomic E-state index is 0.0289. The fourth-order valence-corrected chi connectivity index (χ4v) is 3.90. The maximum atomic E-state index is 12.8. The molecule has 32 heavy (non-hydrogen) atoms. The van der Waals surface area contributed by atoms with Gasteiger partial charge in [-0.15, -0.1) is 20.4 Å². The van der Waals surface area contributed by atoms with E-state index in [0.29, 0.717) is 16.1 Å². The first-order chi connectivity index (χ1) is 15.2. The van der Waals surface area contributed by atoms with Gasteiger partial charge in [0.05, 0.1) is 17.7 Å². The van der Waals surface area contributed by atoms with Crippen molar-refractivity contribution in [2.24, 2.45) is 7.05 Å². The number of carbonyl (C=O) groups is 2. The molecule has 0 aliphatic rings. The van der Waals surface area contributed by atoms with Gasteiger partial charge in [0.2, 0.25) is 16.9 Å². The summed E-state index contributed by atoms with van der Waals surface area (Å²) in [5.41, 5.74) is -0.827. The number of rotatable bonds is 8. The van der Waals surface area contributed by atoms with Gasteiger partial charge in [0, 0.05) is 12.7 Å². The summed E-state index contributed by atoms with van der Waals surface area (Å²) in [7, 11) is 1.63. The number of nitrogens with one attached hydrogen (secondary N) is 2. The number of halogens is 3. The minimum atomic E-state index is -4.50. The average molecular weight is 486 g/mol. The predicted molar refractivity (Wildman–Crippen MR) is 113 cm³/mol. The third-order valence-corrected chi connectivity index (χ3v) is 6.07. The van der Waals surface area contributed by atoms with E-state index in [1.54, 1.807) is 11.6 Å². The first-order valence-corrected chi connectivity index (χ1v) is 11.1. The summed E-state index contributed by atoms with van der Waals surface area (Å²) in [6, 6.07) is 4.36. The van der Waals surface area contributed by atoms with Crippen LogP contribution in [0.5, 0.6) is 0 Å². The van der Waals surface area contributed by atoms with Gasteiger partial charge in [-0.25, -0.2) is 0 Å². The lowest BCUT2D eigenvalue weighted by molar-refractivity contribution is -0.137. The van der Waals surface area contributed by atoms with Crippen LogP contribution >= 0.6 is 23.1 Å². The molecule has 9 nitrogen and oxygen atoms in total. The van der Waals surface area contributed by atoms with E-state index in [0.717, 1.165) is 35.3 Å². The van der Waals surface area contributed by atoms with E-state index in [1.165, 1.54) is 23.5 Å². The Hall–Kier alpha value is -3.00. The van der Waals surface area contributed by atoms with Gasteiger partial charge in [-0.05, 0) is 24.6 Å². The highest BCUT2D eigenvalue weighted by atomic mass is 32.2. The molecule has 1 aromatic carbocycles. The van der Waals surface area contributed by atoms with Crippen molar-refractivity contribution in [1.29, 1.82) is 0 Å². The zero-order valence-corrected chi connectivity index (χ0v) is 18.6. The Kier molecular flexibility index (Phi) is 7.45. The van der Waals surface area contributed by atoms with E-state index in [9.17, 15) is 22.8 Å². The fourth-order valence-electron chi connectivity index (χ4n) is 2.48. The van der Waals surface area contributed by atoms with Crippen molar-refractivity contribution in [2.75, 3.05) is 16.4 Å². The smallest absolute Gasteiger partial charge is 0.326 e. The van der Waals surface area contributed by atoms with Crippen molar-refractivity contribution < 1.29 is 22.8 Å². The summed E-state index contributed by atoms with van der Waals surface area (Å²) in [6.45, 7) is 1.94. The number of carbonyl (C=O) groups excluding carboxylic acids is 2. The molecule has 0 aliphatic heterocycles. The molecule has 2 N–H and O–H groups in total. The molecule has 0 atom stereocenters. The second-order valence-electron chi connectivity index (χ2n) is 6.45. The third-order valence-electron chi connectivity index (χ3n) is 4.07. The molecule has 2 aromatic heterocycles. The number of nitrogens with zero attached hydrogens (tertiary/aromatic N) is 5. The Morgan fingerprint density at radius 1 is 1.12 bits per heavy atom. The summed E-state index contributed by atoms with van der Waals surface area (Å²) in [6.07, 6.45) is -3.97. The molecule has 2 heterocycles. The second kappa shape index (κ2) is 10.1. The Bertz CT molecular complexity index is 1110. The summed E-state index contributed by atoms with van der Waals surface area (Å²) < 4.78 is 40.0. The van der Waals surface area contributed by atoms with Gasteiger partial charge in [-0.3, -0.25) is 14.9 Å². The van der Waals surface area contributed by atoms with E-state index in [2.05, 4.69) is 31.0 Å². The normalized spacial score (nSPS) is 11.4. The molecule has 0 spiro atoms. The quantitative estimate of drug-likeness (QED) is 0.471. The molecule has 0 bridgehead atoms. The third kappa shape index (κ3) is 6.26. The number of hydrogen-bond acceptors (Lipinski definition) is 8. The van der Waals surface area contributed by atoms with Crippen molar-refractivity contribution in [2.45, 2.75) is 31.1 Å². The predicted octanol–water partition coefficient (Wildman–Crippen LogP) is 3.16. The Balaban J connectivity index is 1.54. The molecule has 170 valence electrons. The van der Waals surface area contributed by atoms with Crippen LogP contribution in [0.1, 0.15) is 23.3 Å². The standard InChI is InChI=1S/C18H18F3N7O2S2/c1-3-15-25-26-16(32-15)23-14(30)9-31-17-27-24-12(28(17)2)8-13(29)22-11-6-4-5-10(7-11)18(19,20)21/h4-7H,3,8-9H2,1-2H3,(H,22,29)(H,23,26,30). The summed E-state index contributed by atoms with van der Waals surface area (Å²) >= 11 is 2.42. The van der Waals surface area contributed by atoms with Crippen LogP contribution in [0.2, 0.25) is 0 Å². The number of alkyl halides is 3. The maximum absolute atomic E-state index is 12.8. The number of benzene rings is 1. The van der Waals surface area contributed by atoms with Gasteiger partial charge in [0.1, 0.15) is 10.8 Å². The van der Waals surface area contributed by atoms with Crippen LogP contribution in [0.3, 0.4) is 0 Å². The van der Waals surface area contributed by atoms with E-state index in [4.69, 9.17) is 0 Å². The summed E-state index contributed by atoms with van der Waals surface area (Å²) in [4.78, 5) is 24.3. The van der Waals surface area contributed by atoms with Crippen molar-refractivity contribution in [3.05, 3.63) is 40.7 Å². The number of thioether (sulfide) groups is 1. The SMILES string of the molecule is CCc1nnc(NC(=O)CSc2nnc(CC(=O)Nc3cccc(C(F)(F)F)c3)n2C)s1. The summed E-state index contributed by atoms with van der Waals surface area (Å²) in [5, 5.41) is 22.4. The van der Waals surface area contributed by atoms with Crippen molar-refractivity contribution >= 4 is 45.7 Å². The van der Waals surface area contributed by atoms with Gasteiger partial charge in [-0.1, -0.05) is 36.1 Å². The van der Waals surface area contributed by atoms with Gasteiger partial charge in [0.15, 0.2) is 5.16 Å². The molecule has 0 saturated heterocycles. The lowest BCUT2D eigenvalue weighted by atomic mass is 10.2. The van der Waals surface area contributed by atoms with E-state index in [1.807, 2.05) is 6.92 Å².